The number of halogens is 1. The molecule has 29 heavy (non-hydrogen) atoms. The van der Waals surface area contributed by atoms with Crippen LogP contribution in [0.5, 0.6) is 0 Å². The summed E-state index contributed by atoms with van der Waals surface area (Å²) in [5.41, 5.74) is 9.84. The summed E-state index contributed by atoms with van der Waals surface area (Å²) in [5, 5.41) is 18.9. The number of aromatic nitrogens is 4. The molecule has 0 amide bonds. The Morgan fingerprint density at radius 1 is 1.17 bits per heavy atom. The largest absolute Gasteiger partial charge is 0.464 e. The fourth-order valence-corrected chi connectivity index (χ4v) is 3.17. The number of anilines is 1. The van der Waals surface area contributed by atoms with E-state index < -0.39 is 5.97 Å². The molecule has 0 fully saturated rings. The number of nitrogens with two attached hydrogens (primary N) is 1. The molecule has 2 heterocycles. The molecule has 9 heteroatoms. The molecule has 4 aromatic rings. The molecular weight excluding hydrogens is 392 g/mol. The number of ether oxygens (including phenoxy) is 1. The third-order valence-electron chi connectivity index (χ3n) is 4.57. The molecule has 2 aromatic heterocycles. The van der Waals surface area contributed by atoms with Gasteiger partial charge in [-0.1, -0.05) is 17.7 Å². The lowest BCUT2D eigenvalue weighted by molar-refractivity contribution is 0.0593. The van der Waals surface area contributed by atoms with Crippen molar-refractivity contribution in [3.8, 4) is 17.4 Å². The molecular formula is C20H15ClN6O2. The van der Waals surface area contributed by atoms with Gasteiger partial charge in [-0.05, 0) is 42.8 Å². The number of carbonyl (C=O) groups excluding carboxylic acids is 1. The molecule has 2 aromatic carbocycles. The molecule has 0 aliphatic heterocycles. The minimum absolute atomic E-state index is 0.0670. The summed E-state index contributed by atoms with van der Waals surface area (Å²) >= 11 is 6.21. The summed E-state index contributed by atoms with van der Waals surface area (Å²) in [6, 6.07) is 12.8. The number of nitriles is 1. The predicted molar refractivity (Wildman–Crippen MR) is 108 cm³/mol. The summed E-state index contributed by atoms with van der Waals surface area (Å²) in [6.07, 6.45) is 1.49. The van der Waals surface area contributed by atoms with Gasteiger partial charge in [0.05, 0.1) is 24.0 Å². The number of methoxy groups -OCH3 is 1. The van der Waals surface area contributed by atoms with Crippen LogP contribution in [0, 0.1) is 18.3 Å². The van der Waals surface area contributed by atoms with Crippen LogP contribution in [0.4, 0.5) is 5.69 Å². The van der Waals surface area contributed by atoms with Crippen molar-refractivity contribution in [3.05, 3.63) is 64.4 Å². The van der Waals surface area contributed by atoms with Crippen molar-refractivity contribution >= 4 is 34.3 Å². The van der Waals surface area contributed by atoms with Crippen molar-refractivity contribution in [1.29, 1.82) is 5.26 Å². The first kappa shape index (κ1) is 18.5. The van der Waals surface area contributed by atoms with Gasteiger partial charge in [0.25, 0.3) is 0 Å². The first-order valence-electron chi connectivity index (χ1n) is 8.56. The molecule has 0 aliphatic rings. The molecule has 0 spiro atoms. The van der Waals surface area contributed by atoms with Gasteiger partial charge in [0.1, 0.15) is 17.1 Å². The summed E-state index contributed by atoms with van der Waals surface area (Å²) in [7, 11) is 1.26. The molecule has 0 bridgehead atoms. The zero-order valence-electron chi connectivity index (χ0n) is 15.5. The van der Waals surface area contributed by atoms with E-state index >= 15 is 0 Å². The second-order valence-electron chi connectivity index (χ2n) is 6.37. The van der Waals surface area contributed by atoms with Gasteiger partial charge in [0.15, 0.2) is 5.69 Å². The first-order valence-corrected chi connectivity index (χ1v) is 8.94. The molecule has 0 aliphatic carbocycles. The first-order chi connectivity index (χ1) is 13.9. The number of fused-ring (bicyclic) bond motifs is 1. The Morgan fingerprint density at radius 3 is 2.59 bits per heavy atom. The monoisotopic (exact) mass is 406 g/mol. The quantitative estimate of drug-likeness (QED) is 0.522. The number of hydrogen-bond acceptors (Lipinski definition) is 6. The van der Waals surface area contributed by atoms with Crippen LogP contribution in [-0.2, 0) is 4.74 Å². The molecule has 0 unspecified atom stereocenters. The molecule has 0 atom stereocenters. The maximum atomic E-state index is 12.2. The number of carbonyl (C=O) groups is 1. The van der Waals surface area contributed by atoms with E-state index in [0.29, 0.717) is 21.7 Å². The van der Waals surface area contributed by atoms with Crippen LogP contribution in [0.2, 0.25) is 5.02 Å². The van der Waals surface area contributed by atoms with E-state index in [1.165, 1.54) is 22.7 Å². The van der Waals surface area contributed by atoms with Crippen LogP contribution in [0.3, 0.4) is 0 Å². The summed E-state index contributed by atoms with van der Waals surface area (Å²) in [4.78, 5) is 13.7. The Kier molecular flexibility index (Phi) is 4.45. The maximum absolute atomic E-state index is 12.2. The van der Waals surface area contributed by atoms with E-state index in [9.17, 15) is 10.1 Å². The highest BCUT2D eigenvalue weighted by atomic mass is 35.5. The lowest BCUT2D eigenvalue weighted by Crippen LogP contribution is -2.11. The third kappa shape index (κ3) is 3.07. The maximum Gasteiger partial charge on any atom is 0.357 e. The Balaban J connectivity index is 1.84. The van der Waals surface area contributed by atoms with Crippen LogP contribution in [0.1, 0.15) is 21.6 Å². The molecule has 8 nitrogen and oxygen atoms in total. The summed E-state index contributed by atoms with van der Waals surface area (Å²) < 4.78 is 6.33. The molecule has 2 N–H and O–H groups in total. The Bertz CT molecular complexity index is 1310. The average molecular weight is 407 g/mol. The van der Waals surface area contributed by atoms with E-state index in [1.807, 2.05) is 25.1 Å². The topological polar surface area (TPSA) is 112 Å². The van der Waals surface area contributed by atoms with Gasteiger partial charge in [-0.25, -0.2) is 4.79 Å². The lowest BCUT2D eigenvalue weighted by atomic mass is 10.2. The molecule has 0 radical (unpaired) electrons. The standard InChI is InChI=1S/C20H15ClN6O2/c1-11-3-4-14(7-15(11)21)27-24-16-6-5-13(8-17(16)25-27)26-10-12(9-22)18(23)19(26)20(28)29-2/h3-8,10H,23H2,1-2H3. The van der Waals surface area contributed by atoms with Crippen LogP contribution >= 0.6 is 11.6 Å². The van der Waals surface area contributed by atoms with E-state index in [4.69, 9.17) is 22.1 Å². The minimum Gasteiger partial charge on any atom is -0.464 e. The highest BCUT2D eigenvalue weighted by molar-refractivity contribution is 6.31. The van der Waals surface area contributed by atoms with E-state index in [0.717, 1.165) is 11.3 Å². The fraction of sp³-hybridized carbons (Fsp3) is 0.100. The average Bonchev–Trinajstić information content (AvgIpc) is 3.29. The molecule has 4 rings (SSSR count). The molecule has 144 valence electrons. The second kappa shape index (κ2) is 6.96. The third-order valence-corrected chi connectivity index (χ3v) is 4.98. The molecule has 0 saturated carbocycles. The van der Waals surface area contributed by atoms with E-state index in [-0.39, 0.29) is 16.9 Å². The van der Waals surface area contributed by atoms with Crippen LogP contribution in [0.25, 0.3) is 22.4 Å². The van der Waals surface area contributed by atoms with Crippen molar-refractivity contribution in [3.63, 3.8) is 0 Å². The number of esters is 1. The smallest absolute Gasteiger partial charge is 0.357 e. The molecule has 0 saturated heterocycles. The van der Waals surface area contributed by atoms with Crippen molar-refractivity contribution in [2.45, 2.75) is 6.92 Å². The van der Waals surface area contributed by atoms with Gasteiger partial charge >= 0.3 is 5.97 Å². The zero-order valence-corrected chi connectivity index (χ0v) is 16.3. The van der Waals surface area contributed by atoms with Crippen LogP contribution in [-0.4, -0.2) is 32.6 Å². The van der Waals surface area contributed by atoms with Crippen molar-refractivity contribution < 1.29 is 9.53 Å². The number of benzene rings is 2. The SMILES string of the molecule is COC(=O)c1c(N)c(C#N)cn1-c1ccc2nn(-c3ccc(C)c(Cl)c3)nc2c1. The highest BCUT2D eigenvalue weighted by Gasteiger charge is 2.22. The van der Waals surface area contributed by atoms with Crippen molar-refractivity contribution in [2.24, 2.45) is 0 Å². The number of aryl methyl sites for hydroxylation is 1. The van der Waals surface area contributed by atoms with Gasteiger partial charge in [-0.3, -0.25) is 0 Å². The number of hydrogen-bond donors (Lipinski definition) is 1. The number of rotatable bonds is 3. The number of nitrogen functional groups attached to an aromatic ring is 1. The second-order valence-corrected chi connectivity index (χ2v) is 6.78. The van der Waals surface area contributed by atoms with Crippen molar-refractivity contribution in [1.82, 2.24) is 19.6 Å². The Hall–Kier alpha value is -3.83. The van der Waals surface area contributed by atoms with E-state index in [2.05, 4.69) is 10.2 Å². The summed E-state index contributed by atoms with van der Waals surface area (Å²) in [6.45, 7) is 1.92. The van der Waals surface area contributed by atoms with Gasteiger partial charge in [0, 0.05) is 16.9 Å². The zero-order chi connectivity index (χ0) is 20.7. The Morgan fingerprint density at radius 2 is 1.90 bits per heavy atom. The van der Waals surface area contributed by atoms with Gasteiger partial charge in [-0.15, -0.1) is 10.2 Å². The van der Waals surface area contributed by atoms with Gasteiger partial charge < -0.3 is 15.0 Å². The fourth-order valence-electron chi connectivity index (χ4n) is 2.99. The van der Waals surface area contributed by atoms with Crippen LogP contribution in [0.15, 0.2) is 42.6 Å². The predicted octanol–water partition coefficient (Wildman–Crippen LogP) is 3.41. The minimum atomic E-state index is -0.637. The highest BCUT2D eigenvalue weighted by Crippen LogP contribution is 2.26. The number of nitrogens with zero attached hydrogens (tertiary/aromatic N) is 5. The van der Waals surface area contributed by atoms with E-state index in [1.54, 1.807) is 24.3 Å². The van der Waals surface area contributed by atoms with Crippen molar-refractivity contribution in [2.75, 3.05) is 12.8 Å². The Labute approximate surface area is 170 Å². The van der Waals surface area contributed by atoms with Crippen LogP contribution < -0.4 is 5.73 Å². The summed E-state index contributed by atoms with van der Waals surface area (Å²) in [5.74, 6) is -0.637. The van der Waals surface area contributed by atoms with Gasteiger partial charge in [-0.2, -0.15) is 10.1 Å². The lowest BCUT2D eigenvalue weighted by Gasteiger charge is -2.08. The van der Waals surface area contributed by atoms with Gasteiger partial charge in [0.2, 0.25) is 0 Å². The normalized spacial score (nSPS) is 10.8.